The molecule has 0 saturated carbocycles. The molecule has 1 fully saturated rings. The summed E-state index contributed by atoms with van der Waals surface area (Å²) < 4.78 is 24.4. The number of hydrogen-bond donors (Lipinski definition) is 1. The fraction of sp³-hybridized carbons (Fsp3) is 0.500. The van der Waals surface area contributed by atoms with Crippen LogP contribution < -0.4 is 0 Å². The quantitative estimate of drug-likeness (QED) is 0.903. The smallest absolute Gasteiger partial charge is 0.311 e. The van der Waals surface area contributed by atoms with Gasteiger partial charge in [0.05, 0.1) is 21.6 Å². The first kappa shape index (κ1) is 17.5. The van der Waals surface area contributed by atoms with Crippen LogP contribution in [0.5, 0.6) is 0 Å². The third-order valence-corrected chi connectivity index (χ3v) is 6.12. The van der Waals surface area contributed by atoms with E-state index in [2.05, 4.69) is 0 Å². The zero-order valence-corrected chi connectivity index (χ0v) is 14.1. The van der Waals surface area contributed by atoms with Crippen molar-refractivity contribution in [3.63, 3.8) is 0 Å². The van der Waals surface area contributed by atoms with E-state index in [1.807, 2.05) is 0 Å². The number of aliphatic carboxylic acids is 1. The van der Waals surface area contributed by atoms with E-state index in [0.29, 0.717) is 19.4 Å². The van der Waals surface area contributed by atoms with Gasteiger partial charge in [0.15, 0.2) is 9.84 Å². The fourth-order valence-electron chi connectivity index (χ4n) is 2.83. The number of carbonyl (C=O) groups is 2. The van der Waals surface area contributed by atoms with Crippen molar-refractivity contribution >= 4 is 21.7 Å². The number of amides is 1. The average molecular weight is 339 g/mol. The molecule has 7 heteroatoms. The standard InChI is InChI=1S/C16H21NO5S/c1-3-23(21,22)13-8-5-4-7-12(13)14(18)17-10-6-9-16(2,11-17)15(19)20/h4-5,7-8H,3,6,9-11H2,1-2H3,(H,19,20). The topological polar surface area (TPSA) is 91.8 Å². The second-order valence-corrected chi connectivity index (χ2v) is 8.34. The lowest BCUT2D eigenvalue weighted by atomic mass is 9.82. The van der Waals surface area contributed by atoms with Gasteiger partial charge < -0.3 is 10.0 Å². The minimum Gasteiger partial charge on any atom is -0.481 e. The predicted octanol–water partition coefficient (Wildman–Crippen LogP) is 1.81. The van der Waals surface area contributed by atoms with Gasteiger partial charge >= 0.3 is 5.97 Å². The maximum absolute atomic E-state index is 12.8. The summed E-state index contributed by atoms with van der Waals surface area (Å²) in [4.78, 5) is 25.6. The predicted molar refractivity (Wildman–Crippen MR) is 85.0 cm³/mol. The van der Waals surface area contributed by atoms with Crippen molar-refractivity contribution in [2.75, 3.05) is 18.8 Å². The van der Waals surface area contributed by atoms with Gasteiger partial charge in [-0.1, -0.05) is 19.1 Å². The maximum atomic E-state index is 12.8. The lowest BCUT2D eigenvalue weighted by molar-refractivity contribution is -0.150. The van der Waals surface area contributed by atoms with E-state index in [0.717, 1.165) is 0 Å². The van der Waals surface area contributed by atoms with E-state index < -0.39 is 27.1 Å². The maximum Gasteiger partial charge on any atom is 0.311 e. The number of likely N-dealkylation sites (tertiary alicyclic amines) is 1. The summed E-state index contributed by atoms with van der Waals surface area (Å²) in [6.45, 7) is 3.66. The summed E-state index contributed by atoms with van der Waals surface area (Å²) in [7, 11) is -3.52. The molecular formula is C16H21NO5S. The number of sulfone groups is 1. The zero-order chi connectivity index (χ0) is 17.3. The van der Waals surface area contributed by atoms with E-state index in [1.165, 1.54) is 24.0 Å². The zero-order valence-electron chi connectivity index (χ0n) is 13.3. The molecule has 1 atom stereocenters. The summed E-state index contributed by atoms with van der Waals surface area (Å²) in [5.74, 6) is -1.46. The molecule has 6 nitrogen and oxygen atoms in total. The van der Waals surface area contributed by atoms with Crippen LogP contribution >= 0.6 is 0 Å². The average Bonchev–Trinajstić information content (AvgIpc) is 2.54. The molecule has 0 aromatic heterocycles. The highest BCUT2D eigenvalue weighted by molar-refractivity contribution is 7.91. The van der Waals surface area contributed by atoms with Gasteiger partial charge in [-0.3, -0.25) is 9.59 Å². The molecule has 1 unspecified atom stereocenters. The van der Waals surface area contributed by atoms with Gasteiger partial charge in [-0.05, 0) is 31.9 Å². The Balaban J connectivity index is 2.37. The van der Waals surface area contributed by atoms with E-state index in [9.17, 15) is 23.1 Å². The van der Waals surface area contributed by atoms with Crippen LogP contribution in [-0.4, -0.2) is 49.1 Å². The molecule has 1 aromatic carbocycles. The Labute approximate surface area is 136 Å². The first-order valence-corrected chi connectivity index (χ1v) is 9.21. The highest BCUT2D eigenvalue weighted by Gasteiger charge is 2.40. The SMILES string of the molecule is CCS(=O)(=O)c1ccccc1C(=O)N1CCCC(C)(C(=O)O)C1. The molecule has 1 heterocycles. The molecule has 126 valence electrons. The lowest BCUT2D eigenvalue weighted by Crippen LogP contribution is -2.48. The molecule has 1 aliphatic heterocycles. The van der Waals surface area contributed by atoms with Gasteiger partial charge in [-0.2, -0.15) is 0 Å². The number of rotatable bonds is 4. The molecule has 1 amide bonds. The Bertz CT molecular complexity index is 728. The molecule has 2 rings (SSSR count). The van der Waals surface area contributed by atoms with Crippen LogP contribution in [0.2, 0.25) is 0 Å². The first-order valence-electron chi connectivity index (χ1n) is 7.56. The minimum atomic E-state index is -3.52. The van der Waals surface area contributed by atoms with Crippen molar-refractivity contribution in [2.24, 2.45) is 5.41 Å². The van der Waals surface area contributed by atoms with E-state index in [-0.39, 0.29) is 22.8 Å². The second kappa shape index (κ2) is 6.31. The molecular weight excluding hydrogens is 318 g/mol. The second-order valence-electron chi connectivity index (χ2n) is 6.10. The number of carboxylic acids is 1. The molecule has 0 aliphatic carbocycles. The lowest BCUT2D eigenvalue weighted by Gasteiger charge is -2.37. The largest absolute Gasteiger partial charge is 0.481 e. The highest BCUT2D eigenvalue weighted by atomic mass is 32.2. The van der Waals surface area contributed by atoms with E-state index >= 15 is 0 Å². The van der Waals surface area contributed by atoms with Crippen molar-refractivity contribution in [3.05, 3.63) is 29.8 Å². The number of nitrogens with zero attached hydrogens (tertiary/aromatic N) is 1. The number of carboxylic acid groups (broad SMARTS) is 1. The summed E-state index contributed by atoms with van der Waals surface area (Å²) in [5, 5.41) is 9.36. The molecule has 23 heavy (non-hydrogen) atoms. The normalized spacial score (nSPS) is 21.9. The van der Waals surface area contributed by atoms with Crippen molar-refractivity contribution in [2.45, 2.75) is 31.6 Å². The van der Waals surface area contributed by atoms with Crippen LogP contribution in [0.3, 0.4) is 0 Å². The monoisotopic (exact) mass is 339 g/mol. The third kappa shape index (κ3) is 3.39. The molecule has 1 N–H and O–H groups in total. The molecule has 1 aromatic rings. The van der Waals surface area contributed by atoms with Crippen LogP contribution in [0.25, 0.3) is 0 Å². The van der Waals surface area contributed by atoms with Gasteiger partial charge in [-0.25, -0.2) is 8.42 Å². The molecule has 1 aliphatic rings. The Morgan fingerprint density at radius 3 is 2.57 bits per heavy atom. The third-order valence-electron chi connectivity index (χ3n) is 4.33. The number of benzene rings is 1. The van der Waals surface area contributed by atoms with Gasteiger partial charge in [0.25, 0.3) is 5.91 Å². The first-order chi connectivity index (χ1) is 10.7. The van der Waals surface area contributed by atoms with E-state index in [4.69, 9.17) is 0 Å². The highest BCUT2D eigenvalue weighted by Crippen LogP contribution is 2.31. The molecule has 1 saturated heterocycles. The van der Waals surface area contributed by atoms with Crippen LogP contribution in [0, 0.1) is 5.41 Å². The van der Waals surface area contributed by atoms with Gasteiger partial charge in [0, 0.05) is 13.1 Å². The number of hydrogen-bond acceptors (Lipinski definition) is 4. The molecule has 0 bridgehead atoms. The van der Waals surface area contributed by atoms with Gasteiger partial charge in [0.2, 0.25) is 0 Å². The summed E-state index contributed by atoms with van der Waals surface area (Å²) in [6, 6.07) is 6.10. The number of carbonyl (C=O) groups excluding carboxylic acids is 1. The van der Waals surface area contributed by atoms with Crippen molar-refractivity contribution in [1.29, 1.82) is 0 Å². The van der Waals surface area contributed by atoms with Crippen LogP contribution in [0.1, 0.15) is 37.0 Å². The number of piperidine rings is 1. The Hall–Kier alpha value is -1.89. The summed E-state index contributed by atoms with van der Waals surface area (Å²) >= 11 is 0. The van der Waals surface area contributed by atoms with Crippen molar-refractivity contribution in [1.82, 2.24) is 4.90 Å². The Kier molecular flexibility index (Phi) is 4.79. The van der Waals surface area contributed by atoms with E-state index in [1.54, 1.807) is 19.1 Å². The van der Waals surface area contributed by atoms with Crippen molar-refractivity contribution in [3.8, 4) is 0 Å². The Morgan fingerprint density at radius 1 is 1.30 bits per heavy atom. The van der Waals surface area contributed by atoms with Gasteiger partial charge in [0.1, 0.15) is 0 Å². The van der Waals surface area contributed by atoms with Crippen LogP contribution in [0.4, 0.5) is 0 Å². The van der Waals surface area contributed by atoms with Crippen LogP contribution in [0.15, 0.2) is 29.2 Å². The Morgan fingerprint density at radius 2 is 1.96 bits per heavy atom. The van der Waals surface area contributed by atoms with Gasteiger partial charge in [-0.15, -0.1) is 0 Å². The van der Waals surface area contributed by atoms with Crippen LogP contribution in [-0.2, 0) is 14.6 Å². The molecule has 0 spiro atoms. The molecule has 0 radical (unpaired) electrons. The minimum absolute atomic E-state index is 0.00935. The summed E-state index contributed by atoms with van der Waals surface area (Å²) in [5.41, 5.74) is -0.879. The fourth-order valence-corrected chi connectivity index (χ4v) is 3.92. The van der Waals surface area contributed by atoms with Crippen molar-refractivity contribution < 1.29 is 23.1 Å². The summed E-state index contributed by atoms with van der Waals surface area (Å²) in [6.07, 6.45) is 1.08.